The van der Waals surface area contributed by atoms with Crippen molar-refractivity contribution in [3.8, 4) is 5.69 Å². The Morgan fingerprint density at radius 2 is 1.71 bits per heavy atom. The number of benzene rings is 2. The number of aryl methyl sites for hydroxylation is 1. The number of hydrogen-bond acceptors (Lipinski definition) is 2. The predicted molar refractivity (Wildman–Crippen MR) is 89.4 cm³/mol. The average Bonchev–Trinajstić information content (AvgIpc) is 2.78. The first kappa shape index (κ1) is 14.2. The molecule has 21 heavy (non-hydrogen) atoms. The van der Waals surface area contributed by atoms with Crippen LogP contribution in [-0.2, 0) is 0 Å². The van der Waals surface area contributed by atoms with Crippen LogP contribution in [-0.4, -0.2) is 9.78 Å². The molecule has 0 saturated carbocycles. The fraction of sp³-hybridized carbons (Fsp3) is 0.0625. The Balaban J connectivity index is 1.99. The number of H-pyrrole nitrogens is 1. The molecule has 0 fully saturated rings. The Bertz CT molecular complexity index is 807. The van der Waals surface area contributed by atoms with E-state index in [-0.39, 0.29) is 5.56 Å². The average molecular weight is 361 g/mol. The van der Waals surface area contributed by atoms with Crippen LogP contribution in [0.25, 0.3) is 5.69 Å². The second-order valence-electron chi connectivity index (χ2n) is 4.60. The Morgan fingerprint density at radius 1 is 1.05 bits per heavy atom. The zero-order valence-electron chi connectivity index (χ0n) is 11.3. The van der Waals surface area contributed by atoms with Crippen LogP contribution >= 0.6 is 27.7 Å². The molecule has 0 amide bonds. The summed E-state index contributed by atoms with van der Waals surface area (Å²) in [4.78, 5) is 14.3. The lowest BCUT2D eigenvalue weighted by Crippen LogP contribution is -2.15. The minimum atomic E-state index is -0.0216. The summed E-state index contributed by atoms with van der Waals surface area (Å²) >= 11 is 4.89. The van der Waals surface area contributed by atoms with Gasteiger partial charge in [-0.3, -0.25) is 9.89 Å². The molecule has 2 aromatic carbocycles. The minimum Gasteiger partial charge on any atom is -0.294 e. The van der Waals surface area contributed by atoms with Gasteiger partial charge in [0, 0.05) is 15.1 Å². The first-order valence-electron chi connectivity index (χ1n) is 6.45. The third kappa shape index (κ3) is 2.99. The molecule has 1 heterocycles. The van der Waals surface area contributed by atoms with E-state index in [2.05, 4.69) is 21.0 Å². The number of nitrogens with one attached hydrogen (secondary N) is 1. The van der Waals surface area contributed by atoms with Crippen LogP contribution in [0, 0.1) is 6.92 Å². The van der Waals surface area contributed by atoms with Crippen molar-refractivity contribution in [2.24, 2.45) is 0 Å². The van der Waals surface area contributed by atoms with Gasteiger partial charge in [0.1, 0.15) is 0 Å². The molecule has 1 N–H and O–H groups in total. The van der Waals surface area contributed by atoms with Crippen molar-refractivity contribution in [2.75, 3.05) is 0 Å². The summed E-state index contributed by atoms with van der Waals surface area (Å²) in [5.41, 5.74) is 1.69. The highest BCUT2D eigenvalue weighted by atomic mass is 79.9. The summed E-state index contributed by atoms with van der Waals surface area (Å²) in [6.07, 6.45) is 0. The van der Waals surface area contributed by atoms with E-state index < -0.39 is 0 Å². The molecule has 0 atom stereocenters. The molecule has 3 rings (SSSR count). The second kappa shape index (κ2) is 5.95. The van der Waals surface area contributed by atoms with Gasteiger partial charge in [0.05, 0.1) is 10.6 Å². The van der Waals surface area contributed by atoms with Crippen molar-refractivity contribution in [1.82, 2.24) is 9.78 Å². The van der Waals surface area contributed by atoms with Crippen molar-refractivity contribution in [1.29, 1.82) is 0 Å². The van der Waals surface area contributed by atoms with Crippen LogP contribution in [0.5, 0.6) is 0 Å². The van der Waals surface area contributed by atoms with Gasteiger partial charge >= 0.3 is 0 Å². The Morgan fingerprint density at radius 3 is 2.38 bits per heavy atom. The smallest absolute Gasteiger partial charge is 0.285 e. The quantitative estimate of drug-likeness (QED) is 0.752. The zero-order valence-corrected chi connectivity index (χ0v) is 13.7. The lowest BCUT2D eigenvalue weighted by atomic mass is 10.3. The van der Waals surface area contributed by atoms with Gasteiger partial charge in [0.25, 0.3) is 5.56 Å². The predicted octanol–water partition coefficient (Wildman–Crippen LogP) is 4.39. The van der Waals surface area contributed by atoms with Gasteiger partial charge in [-0.05, 0) is 43.3 Å². The van der Waals surface area contributed by atoms with Gasteiger partial charge in [-0.15, -0.1) is 0 Å². The van der Waals surface area contributed by atoms with Gasteiger partial charge in [0.15, 0.2) is 0 Å². The summed E-state index contributed by atoms with van der Waals surface area (Å²) in [6.45, 7) is 1.92. The molecule has 106 valence electrons. The molecule has 0 saturated heterocycles. The molecule has 0 aliphatic carbocycles. The number of aromatic amines is 1. The molecule has 0 unspecified atom stereocenters. The van der Waals surface area contributed by atoms with Crippen molar-refractivity contribution < 1.29 is 0 Å². The van der Waals surface area contributed by atoms with Gasteiger partial charge in [0.2, 0.25) is 0 Å². The van der Waals surface area contributed by atoms with E-state index in [0.717, 1.165) is 25.6 Å². The number of hydrogen-bond donors (Lipinski definition) is 1. The summed E-state index contributed by atoms with van der Waals surface area (Å²) in [5, 5.41) is 3.13. The highest BCUT2D eigenvalue weighted by Crippen LogP contribution is 2.28. The lowest BCUT2D eigenvalue weighted by molar-refractivity contribution is 0.834. The molecule has 0 aliphatic heterocycles. The summed E-state index contributed by atoms with van der Waals surface area (Å²) < 4.78 is 2.61. The van der Waals surface area contributed by atoms with E-state index in [9.17, 15) is 4.79 Å². The minimum absolute atomic E-state index is 0.0216. The SMILES string of the molecule is Cc1[nH]n(-c2ccccc2)c(=O)c1Sc1ccc(Br)cc1. The molecule has 0 radical (unpaired) electrons. The monoisotopic (exact) mass is 360 g/mol. The molecule has 0 bridgehead atoms. The molecule has 5 heteroatoms. The number of aromatic nitrogens is 2. The summed E-state index contributed by atoms with van der Waals surface area (Å²) in [7, 11) is 0. The van der Waals surface area contributed by atoms with Crippen molar-refractivity contribution in [2.45, 2.75) is 16.7 Å². The van der Waals surface area contributed by atoms with Crippen LogP contribution in [0.1, 0.15) is 5.69 Å². The maximum absolute atomic E-state index is 12.6. The maximum atomic E-state index is 12.6. The third-order valence-corrected chi connectivity index (χ3v) is 4.79. The molecular weight excluding hydrogens is 348 g/mol. The molecule has 3 nitrogen and oxygen atoms in total. The fourth-order valence-electron chi connectivity index (χ4n) is 2.03. The standard InChI is InChI=1S/C16H13BrN2OS/c1-11-15(21-14-9-7-12(17)8-10-14)16(20)19(18-11)13-5-3-2-4-6-13/h2-10,18H,1H3. The molecular formula is C16H13BrN2OS. The van der Waals surface area contributed by atoms with Crippen LogP contribution in [0.3, 0.4) is 0 Å². The topological polar surface area (TPSA) is 37.8 Å². The van der Waals surface area contributed by atoms with Gasteiger partial charge in [-0.2, -0.15) is 0 Å². The first-order chi connectivity index (χ1) is 10.1. The molecule has 3 aromatic rings. The van der Waals surface area contributed by atoms with E-state index in [4.69, 9.17) is 0 Å². The highest BCUT2D eigenvalue weighted by molar-refractivity contribution is 9.10. The Hall–Kier alpha value is -1.72. The van der Waals surface area contributed by atoms with Crippen molar-refractivity contribution in [3.05, 3.63) is 75.1 Å². The van der Waals surface area contributed by atoms with E-state index in [1.54, 1.807) is 4.68 Å². The molecule has 1 aromatic heterocycles. The number of para-hydroxylation sites is 1. The Kier molecular flexibility index (Phi) is 4.03. The summed E-state index contributed by atoms with van der Waals surface area (Å²) in [6, 6.07) is 17.5. The number of nitrogens with zero attached hydrogens (tertiary/aromatic N) is 1. The second-order valence-corrected chi connectivity index (χ2v) is 6.60. The fourth-order valence-corrected chi connectivity index (χ4v) is 3.18. The largest absolute Gasteiger partial charge is 0.294 e. The van der Waals surface area contributed by atoms with Crippen molar-refractivity contribution >= 4 is 27.7 Å². The van der Waals surface area contributed by atoms with E-state index >= 15 is 0 Å². The zero-order chi connectivity index (χ0) is 14.8. The lowest BCUT2D eigenvalue weighted by Gasteiger charge is -2.00. The Labute approximate surface area is 135 Å². The first-order valence-corrected chi connectivity index (χ1v) is 8.06. The van der Waals surface area contributed by atoms with Crippen LogP contribution in [0.2, 0.25) is 0 Å². The maximum Gasteiger partial charge on any atom is 0.285 e. The van der Waals surface area contributed by atoms with E-state index in [1.165, 1.54) is 11.8 Å². The van der Waals surface area contributed by atoms with Gasteiger partial charge in [-0.25, -0.2) is 4.68 Å². The normalized spacial score (nSPS) is 10.8. The van der Waals surface area contributed by atoms with E-state index in [0.29, 0.717) is 0 Å². The van der Waals surface area contributed by atoms with Gasteiger partial charge in [-0.1, -0.05) is 45.9 Å². The number of halogens is 1. The van der Waals surface area contributed by atoms with Crippen LogP contribution in [0.15, 0.2) is 73.7 Å². The van der Waals surface area contributed by atoms with Crippen molar-refractivity contribution in [3.63, 3.8) is 0 Å². The summed E-state index contributed by atoms with van der Waals surface area (Å²) in [5.74, 6) is 0. The van der Waals surface area contributed by atoms with Crippen LogP contribution < -0.4 is 5.56 Å². The third-order valence-electron chi connectivity index (χ3n) is 3.07. The van der Waals surface area contributed by atoms with Gasteiger partial charge < -0.3 is 0 Å². The number of rotatable bonds is 3. The van der Waals surface area contributed by atoms with Crippen LogP contribution in [0.4, 0.5) is 0 Å². The molecule has 0 aliphatic rings. The molecule has 0 spiro atoms. The van der Waals surface area contributed by atoms with E-state index in [1.807, 2.05) is 61.5 Å². The highest BCUT2D eigenvalue weighted by Gasteiger charge is 2.13.